The van der Waals surface area contributed by atoms with Crippen molar-refractivity contribution in [2.45, 2.75) is 36.2 Å². The molecular formula is C10H20S4. The number of rotatable bonds is 6. The largest absolute Gasteiger partial charge is 0.179 e. The molecule has 0 N–H and O–H groups in total. The average molecular weight is 269 g/mol. The van der Waals surface area contributed by atoms with E-state index in [0.717, 1.165) is 11.5 Å². The van der Waals surface area contributed by atoms with E-state index in [0.29, 0.717) is 4.08 Å². The molecule has 0 unspecified atom stereocenters. The van der Waals surface area contributed by atoms with Crippen molar-refractivity contribution in [3.8, 4) is 0 Å². The van der Waals surface area contributed by atoms with Crippen LogP contribution in [0.25, 0.3) is 0 Å². The van der Waals surface area contributed by atoms with Gasteiger partial charge in [-0.1, -0.05) is 19.3 Å². The Morgan fingerprint density at radius 3 is 1.79 bits per heavy atom. The van der Waals surface area contributed by atoms with Crippen molar-refractivity contribution in [1.82, 2.24) is 0 Å². The summed E-state index contributed by atoms with van der Waals surface area (Å²) in [6.07, 6.45) is 7.05. The Morgan fingerprint density at radius 2 is 1.36 bits per heavy atom. The van der Waals surface area contributed by atoms with Crippen LogP contribution in [-0.4, -0.2) is 27.1 Å². The third-order valence-electron chi connectivity index (χ3n) is 2.53. The van der Waals surface area contributed by atoms with E-state index in [4.69, 9.17) is 0 Å². The lowest BCUT2D eigenvalue weighted by molar-refractivity contribution is 0.491. The maximum atomic E-state index is 4.30. The molecule has 0 atom stereocenters. The predicted octanol–water partition coefficient (Wildman–Crippen LogP) is 3.97. The van der Waals surface area contributed by atoms with Crippen LogP contribution in [0, 0.1) is 0 Å². The number of hydrogen-bond donors (Lipinski definition) is 2. The quantitative estimate of drug-likeness (QED) is 0.552. The zero-order valence-corrected chi connectivity index (χ0v) is 12.0. The molecule has 0 heterocycles. The molecular weight excluding hydrogens is 248 g/mol. The summed E-state index contributed by atoms with van der Waals surface area (Å²) in [7, 11) is 0. The van der Waals surface area contributed by atoms with Gasteiger partial charge < -0.3 is 0 Å². The van der Waals surface area contributed by atoms with Crippen LogP contribution < -0.4 is 0 Å². The Bertz CT molecular complexity index is 133. The van der Waals surface area contributed by atoms with E-state index in [2.05, 4.69) is 48.8 Å². The first-order chi connectivity index (χ1) is 6.83. The van der Waals surface area contributed by atoms with Crippen molar-refractivity contribution >= 4 is 48.8 Å². The summed E-state index contributed by atoms with van der Waals surface area (Å²) in [5.74, 6) is 4.41. The Balaban J connectivity index is 2.39. The molecule has 0 aromatic heterocycles. The van der Waals surface area contributed by atoms with Crippen LogP contribution in [0.1, 0.15) is 32.1 Å². The molecule has 0 spiro atoms. The predicted molar refractivity (Wildman–Crippen MR) is 78.4 cm³/mol. The number of hydrogen-bond acceptors (Lipinski definition) is 4. The zero-order valence-electron chi connectivity index (χ0n) is 8.57. The first-order valence-electron chi connectivity index (χ1n) is 5.33. The second-order valence-electron chi connectivity index (χ2n) is 3.62. The third kappa shape index (κ3) is 4.50. The van der Waals surface area contributed by atoms with Gasteiger partial charge in [0.15, 0.2) is 0 Å². The summed E-state index contributed by atoms with van der Waals surface area (Å²) in [5, 5.41) is 0. The van der Waals surface area contributed by atoms with Crippen LogP contribution in [0.3, 0.4) is 0 Å². The fourth-order valence-corrected chi connectivity index (χ4v) is 5.35. The molecule has 0 aromatic rings. The summed E-state index contributed by atoms with van der Waals surface area (Å²) < 4.78 is 0.518. The molecule has 1 saturated carbocycles. The van der Waals surface area contributed by atoms with Gasteiger partial charge in [-0.3, -0.25) is 0 Å². The van der Waals surface area contributed by atoms with Crippen molar-refractivity contribution in [1.29, 1.82) is 0 Å². The van der Waals surface area contributed by atoms with Crippen molar-refractivity contribution in [3.63, 3.8) is 0 Å². The van der Waals surface area contributed by atoms with Crippen molar-refractivity contribution in [3.05, 3.63) is 0 Å². The molecule has 0 bridgehead atoms. The molecule has 4 heteroatoms. The monoisotopic (exact) mass is 268 g/mol. The highest BCUT2D eigenvalue weighted by molar-refractivity contribution is 8.18. The van der Waals surface area contributed by atoms with Crippen LogP contribution >= 0.6 is 48.8 Å². The molecule has 0 nitrogen and oxygen atoms in total. The van der Waals surface area contributed by atoms with Crippen LogP contribution in [0.4, 0.5) is 0 Å². The van der Waals surface area contributed by atoms with E-state index < -0.39 is 0 Å². The van der Waals surface area contributed by atoms with Gasteiger partial charge in [0.05, 0.1) is 4.08 Å². The normalized spacial score (nSPS) is 21.0. The molecule has 0 aromatic carbocycles. The molecule has 1 aliphatic rings. The molecule has 84 valence electrons. The van der Waals surface area contributed by atoms with Crippen LogP contribution in [0.15, 0.2) is 0 Å². The van der Waals surface area contributed by atoms with Gasteiger partial charge >= 0.3 is 0 Å². The van der Waals surface area contributed by atoms with Gasteiger partial charge in [0.1, 0.15) is 0 Å². The summed E-state index contributed by atoms with van der Waals surface area (Å²) >= 11 is 12.9. The van der Waals surface area contributed by atoms with Gasteiger partial charge in [0.25, 0.3) is 0 Å². The van der Waals surface area contributed by atoms with E-state index in [1.165, 1.54) is 43.6 Å². The lowest BCUT2D eigenvalue weighted by Gasteiger charge is -2.36. The first-order valence-corrected chi connectivity index (χ1v) is 8.56. The first kappa shape index (κ1) is 13.5. The Kier molecular flexibility index (Phi) is 7.35. The Labute approximate surface area is 108 Å². The maximum absolute atomic E-state index is 4.30. The zero-order chi connectivity index (χ0) is 10.3. The minimum atomic E-state index is 0.518. The van der Waals surface area contributed by atoms with Gasteiger partial charge in [-0.15, -0.1) is 23.5 Å². The van der Waals surface area contributed by atoms with Crippen LogP contribution in [0.2, 0.25) is 0 Å². The average Bonchev–Trinajstić information content (AvgIpc) is 2.25. The van der Waals surface area contributed by atoms with Gasteiger partial charge in [0, 0.05) is 11.5 Å². The van der Waals surface area contributed by atoms with Crippen molar-refractivity contribution in [2.75, 3.05) is 23.0 Å². The lowest BCUT2D eigenvalue weighted by Crippen LogP contribution is -2.25. The molecule has 1 fully saturated rings. The minimum Gasteiger partial charge on any atom is -0.179 e. The molecule has 0 aliphatic heterocycles. The maximum Gasteiger partial charge on any atom is 0.0611 e. The molecule has 0 radical (unpaired) electrons. The van der Waals surface area contributed by atoms with E-state index >= 15 is 0 Å². The standard InChI is InChI=1S/C10H20S4/c11-6-8-13-10(14-9-7-12)4-2-1-3-5-10/h11-12H,1-9H2. The molecule has 0 saturated heterocycles. The number of thioether (sulfide) groups is 2. The summed E-state index contributed by atoms with van der Waals surface area (Å²) in [6, 6.07) is 0. The van der Waals surface area contributed by atoms with E-state index in [-0.39, 0.29) is 0 Å². The highest BCUT2D eigenvalue weighted by Gasteiger charge is 2.32. The third-order valence-corrected chi connectivity index (χ3v) is 6.97. The second kappa shape index (κ2) is 7.64. The molecule has 14 heavy (non-hydrogen) atoms. The molecule has 0 amide bonds. The SMILES string of the molecule is SCCSC1(SCCS)CCCCC1. The Hall–Kier alpha value is 1.40. The van der Waals surface area contributed by atoms with E-state index in [9.17, 15) is 0 Å². The van der Waals surface area contributed by atoms with Crippen molar-refractivity contribution in [2.24, 2.45) is 0 Å². The van der Waals surface area contributed by atoms with Gasteiger partial charge in [0.2, 0.25) is 0 Å². The highest BCUT2D eigenvalue weighted by atomic mass is 32.2. The van der Waals surface area contributed by atoms with E-state index in [1.54, 1.807) is 0 Å². The van der Waals surface area contributed by atoms with Crippen molar-refractivity contribution < 1.29 is 0 Å². The Morgan fingerprint density at radius 1 is 0.857 bits per heavy atom. The number of thiol groups is 2. The van der Waals surface area contributed by atoms with E-state index in [1.807, 2.05) is 0 Å². The summed E-state index contributed by atoms with van der Waals surface area (Å²) in [5.41, 5.74) is 0. The summed E-state index contributed by atoms with van der Waals surface area (Å²) in [4.78, 5) is 0. The lowest BCUT2D eigenvalue weighted by atomic mass is 10.00. The van der Waals surface area contributed by atoms with Crippen LogP contribution in [0.5, 0.6) is 0 Å². The fraction of sp³-hybridized carbons (Fsp3) is 1.00. The summed E-state index contributed by atoms with van der Waals surface area (Å²) in [6.45, 7) is 0. The topological polar surface area (TPSA) is 0 Å². The van der Waals surface area contributed by atoms with Crippen LogP contribution in [-0.2, 0) is 0 Å². The minimum absolute atomic E-state index is 0.518. The van der Waals surface area contributed by atoms with Gasteiger partial charge in [-0.05, 0) is 24.3 Å². The smallest absolute Gasteiger partial charge is 0.0611 e. The second-order valence-corrected chi connectivity index (χ2v) is 7.73. The molecule has 1 aliphatic carbocycles. The fourth-order valence-electron chi connectivity index (χ4n) is 1.88. The van der Waals surface area contributed by atoms with Gasteiger partial charge in [-0.2, -0.15) is 25.3 Å². The highest BCUT2D eigenvalue weighted by Crippen LogP contribution is 2.48. The molecule has 1 rings (SSSR count). The van der Waals surface area contributed by atoms with Gasteiger partial charge in [-0.25, -0.2) is 0 Å².